The van der Waals surface area contributed by atoms with Crippen LogP contribution in [0, 0.1) is 0 Å². The van der Waals surface area contributed by atoms with Crippen LogP contribution in [0.25, 0.3) is 116 Å². The number of hydrogen-bond donors (Lipinski definition) is 0. The van der Waals surface area contributed by atoms with Crippen LogP contribution >= 0.6 is 0 Å². The van der Waals surface area contributed by atoms with E-state index in [2.05, 4.69) is 180 Å². The maximum absolute atomic E-state index is 6.55. The predicted molar refractivity (Wildman–Crippen MR) is 235 cm³/mol. The van der Waals surface area contributed by atoms with Crippen molar-refractivity contribution in [3.63, 3.8) is 0 Å². The molecule has 8 aromatic carbocycles. The number of rotatable bonds is 5. The van der Waals surface area contributed by atoms with Crippen molar-refractivity contribution < 1.29 is 8.83 Å². The molecule has 0 aliphatic rings. The molecule has 266 valence electrons. The van der Waals surface area contributed by atoms with E-state index < -0.39 is 0 Å². The van der Waals surface area contributed by atoms with Gasteiger partial charge in [0, 0.05) is 49.1 Å². The SMILES string of the molecule is c1ccc(-c2cc(-c3ccc4c(c3)oc3ccccc34)cc(-c3cccc4oc5ccc(-c6ccc7c(c6)c6ccccc6n7-c6ccccc6)cc5c34)n2)cc1. The molecular formula is C53H32N2O2. The van der Waals surface area contributed by atoms with E-state index in [1.54, 1.807) is 0 Å². The summed E-state index contributed by atoms with van der Waals surface area (Å²) in [5.41, 5.74) is 15.2. The van der Waals surface area contributed by atoms with Crippen LogP contribution in [0.15, 0.2) is 203 Å². The van der Waals surface area contributed by atoms with Crippen LogP contribution in [0.5, 0.6) is 0 Å². The summed E-state index contributed by atoms with van der Waals surface area (Å²) in [5.74, 6) is 0. The first-order chi connectivity index (χ1) is 28.2. The largest absolute Gasteiger partial charge is 0.456 e. The lowest BCUT2D eigenvalue weighted by atomic mass is 9.96. The molecule has 0 amide bonds. The van der Waals surface area contributed by atoms with Crippen LogP contribution in [0.2, 0.25) is 0 Å². The quantitative estimate of drug-likeness (QED) is 0.177. The van der Waals surface area contributed by atoms with Crippen LogP contribution in [-0.4, -0.2) is 9.55 Å². The van der Waals surface area contributed by atoms with Crippen molar-refractivity contribution in [2.75, 3.05) is 0 Å². The third-order valence-corrected chi connectivity index (χ3v) is 11.4. The normalized spacial score (nSPS) is 11.9. The zero-order chi connectivity index (χ0) is 37.5. The average Bonchev–Trinajstić information content (AvgIpc) is 3.95. The van der Waals surface area contributed by atoms with Crippen molar-refractivity contribution in [1.82, 2.24) is 9.55 Å². The Morgan fingerprint density at radius 1 is 0.333 bits per heavy atom. The molecule has 0 N–H and O–H groups in total. The molecule has 0 fully saturated rings. The molecule has 0 aliphatic carbocycles. The van der Waals surface area contributed by atoms with Gasteiger partial charge in [0.15, 0.2) is 0 Å². The molecular weight excluding hydrogens is 697 g/mol. The minimum atomic E-state index is 0.832. The standard InChI is InChI=1S/C53H32N2O2/c1-3-12-33(13-4-1)45-30-37(36-22-25-41-40-17-8-10-20-49(40)57-52(41)32-36)31-46(54-45)42-18-11-21-51-53(42)44-29-35(24-27-50(44)56-51)34-23-26-48-43(28-34)39-16-7-9-19-47(39)55(48)38-14-5-2-6-15-38/h1-32H. The van der Waals surface area contributed by atoms with Gasteiger partial charge in [-0.15, -0.1) is 0 Å². The van der Waals surface area contributed by atoms with Crippen molar-refractivity contribution in [2.24, 2.45) is 0 Å². The van der Waals surface area contributed by atoms with Gasteiger partial charge in [0.1, 0.15) is 22.3 Å². The molecule has 57 heavy (non-hydrogen) atoms. The molecule has 4 heterocycles. The molecule has 4 heteroatoms. The summed E-state index contributed by atoms with van der Waals surface area (Å²) in [5, 5.41) is 6.79. The highest BCUT2D eigenvalue weighted by Crippen LogP contribution is 2.42. The van der Waals surface area contributed by atoms with Gasteiger partial charge in [-0.05, 0) is 101 Å². The number of fused-ring (bicyclic) bond motifs is 9. The third-order valence-electron chi connectivity index (χ3n) is 11.4. The fourth-order valence-corrected chi connectivity index (χ4v) is 8.73. The van der Waals surface area contributed by atoms with Gasteiger partial charge in [-0.1, -0.05) is 115 Å². The third kappa shape index (κ3) is 5.04. The summed E-state index contributed by atoms with van der Waals surface area (Å²) < 4.78 is 15.2. The molecule has 12 rings (SSSR count). The minimum absolute atomic E-state index is 0.832. The second-order valence-corrected chi connectivity index (χ2v) is 14.7. The van der Waals surface area contributed by atoms with Crippen LogP contribution in [0.3, 0.4) is 0 Å². The Labute approximate surface area is 327 Å². The van der Waals surface area contributed by atoms with Crippen LogP contribution in [0.1, 0.15) is 0 Å². The first kappa shape index (κ1) is 31.6. The highest BCUT2D eigenvalue weighted by molar-refractivity contribution is 6.14. The molecule has 4 aromatic heterocycles. The van der Waals surface area contributed by atoms with E-state index in [4.69, 9.17) is 13.8 Å². The first-order valence-electron chi connectivity index (χ1n) is 19.3. The first-order valence-corrected chi connectivity index (χ1v) is 19.3. The highest BCUT2D eigenvalue weighted by atomic mass is 16.3. The van der Waals surface area contributed by atoms with Crippen molar-refractivity contribution in [2.45, 2.75) is 0 Å². The van der Waals surface area contributed by atoms with Gasteiger partial charge in [-0.25, -0.2) is 4.98 Å². The summed E-state index contributed by atoms with van der Waals surface area (Å²) in [6.07, 6.45) is 0. The zero-order valence-corrected chi connectivity index (χ0v) is 30.7. The van der Waals surface area contributed by atoms with E-state index in [-0.39, 0.29) is 0 Å². The van der Waals surface area contributed by atoms with Gasteiger partial charge in [0.05, 0.1) is 22.4 Å². The van der Waals surface area contributed by atoms with Crippen molar-refractivity contribution in [1.29, 1.82) is 0 Å². The maximum atomic E-state index is 6.55. The second kappa shape index (κ2) is 12.4. The highest BCUT2D eigenvalue weighted by Gasteiger charge is 2.19. The zero-order valence-electron chi connectivity index (χ0n) is 30.7. The Bertz CT molecular complexity index is 3520. The number of nitrogens with zero attached hydrogens (tertiary/aromatic N) is 2. The molecule has 0 atom stereocenters. The smallest absolute Gasteiger partial charge is 0.136 e. The second-order valence-electron chi connectivity index (χ2n) is 14.7. The van der Waals surface area contributed by atoms with Gasteiger partial charge in [-0.3, -0.25) is 0 Å². The monoisotopic (exact) mass is 728 g/mol. The Morgan fingerprint density at radius 3 is 1.82 bits per heavy atom. The Kier molecular flexibility index (Phi) is 6.89. The van der Waals surface area contributed by atoms with Crippen molar-refractivity contribution in [3.8, 4) is 50.5 Å². The molecule has 0 bridgehead atoms. The predicted octanol–water partition coefficient (Wildman–Crippen LogP) is 14.6. The average molecular weight is 729 g/mol. The number of furan rings is 2. The molecule has 0 saturated carbocycles. The number of aromatic nitrogens is 2. The Morgan fingerprint density at radius 2 is 0.947 bits per heavy atom. The van der Waals surface area contributed by atoms with E-state index in [9.17, 15) is 0 Å². The molecule has 0 aliphatic heterocycles. The van der Waals surface area contributed by atoms with E-state index in [0.29, 0.717) is 0 Å². The maximum Gasteiger partial charge on any atom is 0.136 e. The van der Waals surface area contributed by atoms with Crippen LogP contribution in [-0.2, 0) is 0 Å². The molecule has 0 spiro atoms. The van der Waals surface area contributed by atoms with E-state index in [1.165, 1.54) is 21.8 Å². The molecule has 0 unspecified atom stereocenters. The number of hydrogen-bond acceptors (Lipinski definition) is 3. The van der Waals surface area contributed by atoms with Gasteiger partial charge in [-0.2, -0.15) is 0 Å². The minimum Gasteiger partial charge on any atom is -0.456 e. The van der Waals surface area contributed by atoms with Crippen molar-refractivity contribution >= 4 is 65.7 Å². The number of para-hydroxylation sites is 3. The van der Waals surface area contributed by atoms with Crippen molar-refractivity contribution in [3.05, 3.63) is 194 Å². The van der Waals surface area contributed by atoms with Crippen LogP contribution in [0.4, 0.5) is 0 Å². The molecule has 12 aromatic rings. The van der Waals surface area contributed by atoms with Gasteiger partial charge in [0.2, 0.25) is 0 Å². The van der Waals surface area contributed by atoms with E-state index in [0.717, 1.165) is 94.3 Å². The summed E-state index contributed by atoms with van der Waals surface area (Å²) >= 11 is 0. The summed E-state index contributed by atoms with van der Waals surface area (Å²) in [7, 11) is 0. The van der Waals surface area contributed by atoms with Gasteiger partial charge < -0.3 is 13.4 Å². The lowest BCUT2D eigenvalue weighted by Crippen LogP contribution is -1.92. The Balaban J connectivity index is 1.03. The lowest BCUT2D eigenvalue weighted by molar-refractivity contribution is 0.668. The fraction of sp³-hybridized carbons (Fsp3) is 0. The summed E-state index contributed by atoms with van der Waals surface area (Å²) in [6.45, 7) is 0. The summed E-state index contributed by atoms with van der Waals surface area (Å²) in [6, 6.07) is 68.4. The van der Waals surface area contributed by atoms with E-state index >= 15 is 0 Å². The molecule has 0 saturated heterocycles. The number of benzene rings is 8. The van der Waals surface area contributed by atoms with E-state index in [1.807, 2.05) is 18.2 Å². The van der Waals surface area contributed by atoms with Gasteiger partial charge >= 0.3 is 0 Å². The fourth-order valence-electron chi connectivity index (χ4n) is 8.73. The lowest BCUT2D eigenvalue weighted by Gasteiger charge is -2.11. The molecule has 0 radical (unpaired) electrons. The number of pyridine rings is 1. The summed E-state index contributed by atoms with van der Waals surface area (Å²) in [4.78, 5) is 5.34. The van der Waals surface area contributed by atoms with Gasteiger partial charge in [0.25, 0.3) is 0 Å². The Hall–Kier alpha value is -7.69. The molecule has 4 nitrogen and oxygen atoms in total. The topological polar surface area (TPSA) is 44.1 Å². The van der Waals surface area contributed by atoms with Crippen LogP contribution < -0.4 is 0 Å².